The lowest BCUT2D eigenvalue weighted by molar-refractivity contribution is 0.895. The average Bonchev–Trinajstić information content (AvgIpc) is 3.37. The summed E-state index contributed by atoms with van der Waals surface area (Å²) in [6.07, 6.45) is 4.61. The van der Waals surface area contributed by atoms with Gasteiger partial charge in [-0.1, -0.05) is 96.9 Å². The predicted octanol–water partition coefficient (Wildman–Crippen LogP) is 8.79. The van der Waals surface area contributed by atoms with Gasteiger partial charge in [0.05, 0.1) is 0 Å². The number of hydrogen-bond acceptors (Lipinski definition) is 0. The summed E-state index contributed by atoms with van der Waals surface area (Å²) in [5, 5.41) is 0. The van der Waals surface area contributed by atoms with Crippen LogP contribution in [0, 0.1) is 20.8 Å². The molecular weight excluding hydrogens is 396 g/mol. The molecule has 0 N–H and O–H groups in total. The van der Waals surface area contributed by atoms with Gasteiger partial charge in [-0.25, -0.2) is 0 Å². The third kappa shape index (κ3) is 3.04. The van der Waals surface area contributed by atoms with E-state index in [1.54, 1.807) is 0 Å². The Kier molecular flexibility index (Phi) is 4.66. The van der Waals surface area contributed by atoms with Gasteiger partial charge in [-0.15, -0.1) is 0 Å². The van der Waals surface area contributed by atoms with Crippen molar-refractivity contribution in [1.82, 2.24) is 0 Å². The molecule has 0 fully saturated rings. The fourth-order valence-corrected chi connectivity index (χ4v) is 6.41. The largest absolute Gasteiger partial charge is 0.0619 e. The van der Waals surface area contributed by atoms with E-state index < -0.39 is 0 Å². The molecule has 0 amide bonds. The van der Waals surface area contributed by atoms with Crippen LogP contribution in [0.15, 0.2) is 78.4 Å². The van der Waals surface area contributed by atoms with Crippen LogP contribution in [0.1, 0.15) is 63.8 Å². The van der Waals surface area contributed by atoms with Crippen LogP contribution in [0.5, 0.6) is 0 Å². The van der Waals surface area contributed by atoms with Crippen LogP contribution in [-0.4, -0.2) is 0 Å². The standard InChI is InChI=1S/C33H30/c1-5-23-18-31-27(32-21(3)16-20(2)17-22(32)4)13-9-15-29(31)33(23)28-14-8-12-26-25-11-7-6-10-24(25)19-30(26)28/h6-18,33H,5,19H2,1-4H3. The zero-order chi connectivity index (χ0) is 22.7. The van der Waals surface area contributed by atoms with E-state index in [1.165, 1.54) is 72.3 Å². The minimum atomic E-state index is 0.347. The lowest BCUT2D eigenvalue weighted by atomic mass is 9.82. The lowest BCUT2D eigenvalue weighted by Crippen LogP contribution is -2.05. The highest BCUT2D eigenvalue weighted by atomic mass is 14.4. The second-order valence-corrected chi connectivity index (χ2v) is 9.80. The number of rotatable bonds is 3. The molecule has 0 aliphatic heterocycles. The molecular formula is C33H30. The van der Waals surface area contributed by atoms with Gasteiger partial charge in [-0.05, 0) is 94.8 Å². The summed E-state index contributed by atoms with van der Waals surface area (Å²) in [5.41, 5.74) is 18.6. The molecule has 0 radical (unpaired) electrons. The van der Waals surface area contributed by atoms with Gasteiger partial charge in [-0.3, -0.25) is 0 Å². The van der Waals surface area contributed by atoms with Gasteiger partial charge >= 0.3 is 0 Å². The minimum absolute atomic E-state index is 0.347. The first kappa shape index (κ1) is 20.2. The van der Waals surface area contributed by atoms with Crippen LogP contribution in [0.2, 0.25) is 0 Å². The van der Waals surface area contributed by atoms with Crippen molar-refractivity contribution in [3.63, 3.8) is 0 Å². The van der Waals surface area contributed by atoms with E-state index in [4.69, 9.17) is 0 Å². The van der Waals surface area contributed by atoms with Gasteiger partial charge < -0.3 is 0 Å². The van der Waals surface area contributed by atoms with Crippen LogP contribution >= 0.6 is 0 Å². The Morgan fingerprint density at radius 1 is 0.727 bits per heavy atom. The van der Waals surface area contributed by atoms with Crippen molar-refractivity contribution in [2.75, 3.05) is 0 Å². The number of fused-ring (bicyclic) bond motifs is 4. The molecule has 0 bridgehead atoms. The summed E-state index contributed by atoms with van der Waals surface area (Å²) in [4.78, 5) is 0. The van der Waals surface area contributed by atoms with Gasteiger partial charge in [0, 0.05) is 5.92 Å². The number of benzene rings is 4. The molecule has 0 spiro atoms. The Labute approximate surface area is 197 Å². The van der Waals surface area contributed by atoms with Crippen molar-refractivity contribution >= 4 is 6.08 Å². The Morgan fingerprint density at radius 2 is 1.39 bits per heavy atom. The summed E-state index contributed by atoms with van der Waals surface area (Å²) in [6.45, 7) is 9.02. The Hall–Kier alpha value is -3.38. The Bertz CT molecular complexity index is 1420. The molecule has 4 aromatic rings. The third-order valence-electron chi connectivity index (χ3n) is 7.70. The second kappa shape index (κ2) is 7.59. The van der Waals surface area contributed by atoms with Crippen molar-refractivity contribution in [2.24, 2.45) is 0 Å². The number of hydrogen-bond donors (Lipinski definition) is 0. The fraction of sp³-hybridized carbons (Fsp3) is 0.212. The molecule has 0 nitrogen and oxygen atoms in total. The SMILES string of the molecule is CCC1=Cc2c(-c3c(C)cc(C)cc3C)cccc2C1c1cccc2c1Cc1ccccc1-2. The highest BCUT2D eigenvalue weighted by Gasteiger charge is 2.32. The van der Waals surface area contributed by atoms with Crippen LogP contribution < -0.4 is 0 Å². The first-order valence-electron chi connectivity index (χ1n) is 12.2. The summed E-state index contributed by atoms with van der Waals surface area (Å²) < 4.78 is 0. The van der Waals surface area contributed by atoms with Crippen molar-refractivity contribution < 1.29 is 0 Å². The lowest BCUT2D eigenvalue weighted by Gasteiger charge is -2.21. The van der Waals surface area contributed by atoms with Gasteiger partial charge in [0.15, 0.2) is 0 Å². The zero-order valence-corrected chi connectivity index (χ0v) is 20.0. The normalized spacial score (nSPS) is 15.8. The molecule has 2 aliphatic rings. The van der Waals surface area contributed by atoms with Gasteiger partial charge in [-0.2, -0.15) is 0 Å². The van der Waals surface area contributed by atoms with Crippen LogP contribution in [0.25, 0.3) is 28.3 Å². The van der Waals surface area contributed by atoms with Gasteiger partial charge in [0.1, 0.15) is 0 Å². The molecule has 33 heavy (non-hydrogen) atoms. The number of aryl methyl sites for hydroxylation is 3. The molecule has 4 aromatic carbocycles. The number of allylic oxidation sites excluding steroid dienone is 1. The smallest absolute Gasteiger partial charge is 0.0311 e. The van der Waals surface area contributed by atoms with E-state index in [-0.39, 0.29) is 0 Å². The van der Waals surface area contributed by atoms with Crippen molar-refractivity contribution in [3.05, 3.63) is 123 Å². The topological polar surface area (TPSA) is 0 Å². The molecule has 1 unspecified atom stereocenters. The Morgan fingerprint density at radius 3 is 2.15 bits per heavy atom. The molecule has 0 heterocycles. The molecule has 0 heteroatoms. The van der Waals surface area contributed by atoms with Crippen molar-refractivity contribution in [3.8, 4) is 22.3 Å². The maximum atomic E-state index is 2.50. The van der Waals surface area contributed by atoms with Crippen LogP contribution in [0.4, 0.5) is 0 Å². The molecule has 0 saturated heterocycles. The summed E-state index contributed by atoms with van der Waals surface area (Å²) in [6, 6.07) is 27.5. The molecule has 162 valence electrons. The first-order chi connectivity index (χ1) is 16.1. The minimum Gasteiger partial charge on any atom is -0.0619 e. The van der Waals surface area contributed by atoms with E-state index in [1.807, 2.05) is 0 Å². The van der Waals surface area contributed by atoms with Crippen LogP contribution in [-0.2, 0) is 6.42 Å². The van der Waals surface area contributed by atoms with Gasteiger partial charge in [0.2, 0.25) is 0 Å². The molecule has 1 atom stereocenters. The Balaban J connectivity index is 1.55. The van der Waals surface area contributed by atoms with Crippen molar-refractivity contribution in [1.29, 1.82) is 0 Å². The summed E-state index contributed by atoms with van der Waals surface area (Å²) >= 11 is 0. The quantitative estimate of drug-likeness (QED) is 0.270. The highest BCUT2D eigenvalue weighted by molar-refractivity contribution is 5.87. The summed E-state index contributed by atoms with van der Waals surface area (Å²) in [5.74, 6) is 0.347. The average molecular weight is 427 g/mol. The van der Waals surface area contributed by atoms with Crippen LogP contribution in [0.3, 0.4) is 0 Å². The zero-order valence-electron chi connectivity index (χ0n) is 20.0. The molecule has 2 aliphatic carbocycles. The second-order valence-electron chi connectivity index (χ2n) is 9.80. The maximum Gasteiger partial charge on any atom is 0.0311 e. The van der Waals surface area contributed by atoms with Gasteiger partial charge in [0.25, 0.3) is 0 Å². The molecule has 0 saturated carbocycles. The van der Waals surface area contributed by atoms with Crippen molar-refractivity contribution in [2.45, 2.75) is 46.5 Å². The molecule has 6 rings (SSSR count). The molecule has 0 aromatic heterocycles. The summed E-state index contributed by atoms with van der Waals surface area (Å²) in [7, 11) is 0. The fourth-order valence-electron chi connectivity index (χ4n) is 6.41. The van der Waals surface area contributed by atoms with E-state index in [2.05, 4.69) is 107 Å². The van der Waals surface area contributed by atoms with E-state index in [0.29, 0.717) is 5.92 Å². The van der Waals surface area contributed by atoms with E-state index >= 15 is 0 Å². The maximum absolute atomic E-state index is 2.50. The third-order valence-corrected chi connectivity index (χ3v) is 7.70. The van der Waals surface area contributed by atoms with E-state index in [9.17, 15) is 0 Å². The van der Waals surface area contributed by atoms with E-state index in [0.717, 1.165) is 12.8 Å². The monoisotopic (exact) mass is 426 g/mol. The first-order valence-corrected chi connectivity index (χ1v) is 12.2. The predicted molar refractivity (Wildman–Crippen MR) is 141 cm³/mol. The highest BCUT2D eigenvalue weighted by Crippen LogP contribution is 2.50.